The highest BCUT2D eigenvalue weighted by molar-refractivity contribution is 6.30. The summed E-state index contributed by atoms with van der Waals surface area (Å²) in [6.45, 7) is 3.85. The molecule has 0 aromatic heterocycles. The van der Waals surface area contributed by atoms with Crippen molar-refractivity contribution in [2.24, 2.45) is 16.9 Å². The zero-order chi connectivity index (χ0) is 25.1. The van der Waals surface area contributed by atoms with Crippen LogP contribution in [0.15, 0.2) is 71.8 Å². The van der Waals surface area contributed by atoms with Crippen molar-refractivity contribution < 1.29 is 14.4 Å². The maximum atomic E-state index is 13.9. The Balaban J connectivity index is 1.45. The molecule has 7 nitrogen and oxygen atoms in total. The summed E-state index contributed by atoms with van der Waals surface area (Å²) in [6.07, 6.45) is 1.69. The van der Waals surface area contributed by atoms with E-state index in [0.717, 1.165) is 22.3 Å². The normalized spacial score (nSPS) is 24.0. The maximum Gasteiger partial charge on any atom is 0.249 e. The van der Waals surface area contributed by atoms with E-state index in [1.165, 1.54) is 4.90 Å². The molecule has 1 N–H and O–H groups in total. The molecule has 0 aliphatic carbocycles. The van der Waals surface area contributed by atoms with E-state index < -0.39 is 29.8 Å². The van der Waals surface area contributed by atoms with Crippen molar-refractivity contribution in [2.75, 3.05) is 10.2 Å². The lowest BCUT2D eigenvalue weighted by molar-refractivity contribution is -0.129. The van der Waals surface area contributed by atoms with Crippen LogP contribution in [0.25, 0.3) is 0 Å². The zero-order valence-electron chi connectivity index (χ0n) is 19.7. The molecule has 0 spiro atoms. The van der Waals surface area contributed by atoms with E-state index in [0.29, 0.717) is 16.4 Å². The molecule has 36 heavy (non-hydrogen) atoms. The van der Waals surface area contributed by atoms with Crippen LogP contribution in [-0.2, 0) is 14.4 Å². The van der Waals surface area contributed by atoms with E-state index in [4.69, 9.17) is 11.6 Å². The highest BCUT2D eigenvalue weighted by atomic mass is 35.5. The number of anilines is 2. The van der Waals surface area contributed by atoms with Gasteiger partial charge >= 0.3 is 0 Å². The molecule has 1 unspecified atom stereocenters. The number of nitrogens with zero attached hydrogens (tertiary/aromatic N) is 3. The second-order valence-corrected chi connectivity index (χ2v) is 9.93. The van der Waals surface area contributed by atoms with E-state index in [1.54, 1.807) is 41.6 Å². The quantitative estimate of drug-likeness (QED) is 0.540. The molecule has 0 radical (unpaired) electrons. The Bertz CT molecular complexity index is 1450. The summed E-state index contributed by atoms with van der Waals surface area (Å²) in [4.78, 5) is 42.8. The summed E-state index contributed by atoms with van der Waals surface area (Å²) in [5.74, 6) is -2.69. The number of hydrogen-bond acceptors (Lipinski definition) is 5. The van der Waals surface area contributed by atoms with Gasteiger partial charge in [-0.1, -0.05) is 53.6 Å². The fraction of sp³-hybridized carbons (Fsp3) is 0.214. The minimum absolute atomic E-state index is 0.305. The van der Waals surface area contributed by atoms with Crippen LogP contribution in [0.5, 0.6) is 0 Å². The van der Waals surface area contributed by atoms with Crippen molar-refractivity contribution >= 4 is 46.9 Å². The Kier molecular flexibility index (Phi) is 5.19. The second-order valence-electron chi connectivity index (χ2n) is 9.49. The van der Waals surface area contributed by atoms with E-state index in [9.17, 15) is 14.4 Å². The summed E-state index contributed by atoms with van der Waals surface area (Å²) in [6, 6.07) is 18.6. The number of fused-ring (bicyclic) bond motifs is 5. The number of benzene rings is 3. The SMILES string of the molecule is Cc1ccc(N2C(=O)[C@@H]3[C@H](C2=O)C2c4ccccc4C=NN2[C@@H]3C(=O)Nc2ccc(Cl)cc2)c(C)c1. The number of hydrazone groups is 1. The molecule has 3 amide bonds. The number of imide groups is 1. The smallest absolute Gasteiger partial charge is 0.249 e. The Morgan fingerprint density at radius 3 is 2.42 bits per heavy atom. The molecule has 3 aliphatic heterocycles. The largest absolute Gasteiger partial charge is 0.324 e. The number of carbonyl (C=O) groups is 3. The average molecular weight is 499 g/mol. The minimum Gasteiger partial charge on any atom is -0.324 e. The van der Waals surface area contributed by atoms with Crippen molar-refractivity contribution in [3.05, 3.63) is 94.0 Å². The van der Waals surface area contributed by atoms with Crippen LogP contribution in [0.1, 0.15) is 28.3 Å². The van der Waals surface area contributed by atoms with Crippen molar-refractivity contribution in [1.82, 2.24) is 5.01 Å². The number of amides is 3. The topological polar surface area (TPSA) is 82.1 Å². The summed E-state index contributed by atoms with van der Waals surface area (Å²) in [5, 5.41) is 9.65. The third-order valence-corrected chi connectivity index (χ3v) is 7.52. The third-order valence-electron chi connectivity index (χ3n) is 7.27. The molecule has 6 rings (SSSR count). The summed E-state index contributed by atoms with van der Waals surface area (Å²) < 4.78 is 0. The lowest BCUT2D eigenvalue weighted by Crippen LogP contribution is -2.46. The lowest BCUT2D eigenvalue weighted by atomic mass is 9.85. The Morgan fingerprint density at radius 2 is 1.67 bits per heavy atom. The van der Waals surface area contributed by atoms with Gasteiger partial charge in [0.2, 0.25) is 17.7 Å². The first-order valence-corrected chi connectivity index (χ1v) is 12.2. The minimum atomic E-state index is -0.951. The van der Waals surface area contributed by atoms with E-state index in [2.05, 4.69) is 10.4 Å². The molecule has 8 heteroatoms. The number of carbonyl (C=O) groups excluding carboxylic acids is 3. The van der Waals surface area contributed by atoms with Crippen molar-refractivity contribution in [3.63, 3.8) is 0 Å². The van der Waals surface area contributed by atoms with Crippen molar-refractivity contribution in [2.45, 2.75) is 25.9 Å². The van der Waals surface area contributed by atoms with Gasteiger partial charge in [0, 0.05) is 10.7 Å². The highest BCUT2D eigenvalue weighted by Gasteiger charge is 2.65. The molecular weight excluding hydrogens is 476 g/mol. The molecule has 180 valence electrons. The van der Waals surface area contributed by atoms with Crippen LogP contribution in [0.4, 0.5) is 11.4 Å². The maximum absolute atomic E-state index is 13.9. The Labute approximate surface area is 213 Å². The van der Waals surface area contributed by atoms with Crippen LogP contribution >= 0.6 is 11.6 Å². The number of hydrogen-bond donors (Lipinski definition) is 1. The van der Waals surface area contributed by atoms with E-state index in [-0.39, 0.29) is 11.8 Å². The first kappa shape index (κ1) is 22.5. The first-order chi connectivity index (χ1) is 17.3. The van der Waals surface area contributed by atoms with Gasteiger partial charge in [-0.3, -0.25) is 19.4 Å². The molecule has 4 atom stereocenters. The van der Waals surface area contributed by atoms with Gasteiger partial charge in [-0.05, 0) is 60.9 Å². The Hall–Kier alpha value is -3.97. The van der Waals surface area contributed by atoms with E-state index >= 15 is 0 Å². The number of rotatable bonds is 3. The van der Waals surface area contributed by atoms with Gasteiger partial charge in [0.1, 0.15) is 6.04 Å². The predicted molar refractivity (Wildman–Crippen MR) is 138 cm³/mol. The van der Waals surface area contributed by atoms with Gasteiger partial charge < -0.3 is 5.32 Å². The summed E-state index contributed by atoms with van der Waals surface area (Å²) in [5.41, 5.74) is 4.74. The second kappa shape index (κ2) is 8.31. The van der Waals surface area contributed by atoms with E-state index in [1.807, 2.05) is 50.2 Å². The van der Waals surface area contributed by atoms with Gasteiger partial charge in [0.05, 0.1) is 29.8 Å². The molecule has 3 heterocycles. The van der Waals surface area contributed by atoms with Crippen LogP contribution in [-0.4, -0.2) is 35.0 Å². The molecule has 2 fully saturated rings. The number of halogens is 1. The van der Waals surface area contributed by atoms with Gasteiger partial charge in [-0.15, -0.1) is 0 Å². The molecule has 3 aromatic rings. The first-order valence-electron chi connectivity index (χ1n) is 11.8. The molecule has 3 aromatic carbocycles. The van der Waals surface area contributed by atoms with Gasteiger partial charge in [-0.25, -0.2) is 4.90 Å². The van der Waals surface area contributed by atoms with Gasteiger partial charge in [-0.2, -0.15) is 5.10 Å². The van der Waals surface area contributed by atoms with Crippen LogP contribution in [0.3, 0.4) is 0 Å². The Morgan fingerprint density at radius 1 is 0.944 bits per heavy atom. The molecule has 3 aliphatic rings. The van der Waals surface area contributed by atoms with Gasteiger partial charge in [0.25, 0.3) is 0 Å². The molecule has 0 saturated carbocycles. The zero-order valence-corrected chi connectivity index (χ0v) is 20.4. The standard InChI is InChI=1S/C28H23ClN4O3/c1-15-7-12-21(16(2)13-15)32-27(35)22-23(28(32)36)25(26(34)31-19-10-8-18(29)9-11-19)33-24(22)20-6-4-3-5-17(20)14-30-33/h3-14,22-25H,1-2H3,(H,31,34)/t22-,23+,24?,25-/m0/s1. The summed E-state index contributed by atoms with van der Waals surface area (Å²) >= 11 is 5.99. The number of aryl methyl sites for hydroxylation is 2. The fourth-order valence-corrected chi connectivity index (χ4v) is 5.84. The molecule has 0 bridgehead atoms. The van der Waals surface area contributed by atoms with Crippen molar-refractivity contribution in [1.29, 1.82) is 0 Å². The molecular formula is C28H23ClN4O3. The fourth-order valence-electron chi connectivity index (χ4n) is 5.71. The third kappa shape index (κ3) is 3.34. The highest BCUT2D eigenvalue weighted by Crippen LogP contribution is 2.53. The number of nitrogens with one attached hydrogen (secondary N) is 1. The van der Waals surface area contributed by atoms with Crippen LogP contribution < -0.4 is 10.2 Å². The monoisotopic (exact) mass is 498 g/mol. The average Bonchev–Trinajstić information content (AvgIpc) is 3.34. The van der Waals surface area contributed by atoms with Gasteiger partial charge in [0.15, 0.2) is 0 Å². The van der Waals surface area contributed by atoms with Crippen LogP contribution in [0, 0.1) is 25.7 Å². The lowest BCUT2D eigenvalue weighted by Gasteiger charge is -2.33. The summed E-state index contributed by atoms with van der Waals surface area (Å²) in [7, 11) is 0. The van der Waals surface area contributed by atoms with Crippen LogP contribution in [0.2, 0.25) is 5.02 Å². The van der Waals surface area contributed by atoms with Crippen molar-refractivity contribution in [3.8, 4) is 0 Å². The molecule has 2 saturated heterocycles. The predicted octanol–water partition coefficient (Wildman–Crippen LogP) is 4.47.